The molecule has 0 unspecified atom stereocenters. The largest absolute Gasteiger partial charge is 0.436 e. The summed E-state index contributed by atoms with van der Waals surface area (Å²) >= 11 is 1.45. The zero-order valence-corrected chi connectivity index (χ0v) is 17.7. The van der Waals surface area contributed by atoms with E-state index < -0.39 is 15.9 Å². The third-order valence-corrected chi connectivity index (χ3v) is 4.48. The molecule has 0 aliphatic heterocycles. The summed E-state index contributed by atoms with van der Waals surface area (Å²) in [4.78, 5) is 16.2. The molecule has 2 heterocycles. The number of rotatable bonds is 5. The molecule has 0 saturated carbocycles. The van der Waals surface area contributed by atoms with Gasteiger partial charge in [-0.25, -0.2) is 17.8 Å². The van der Waals surface area contributed by atoms with E-state index in [0.717, 1.165) is 11.8 Å². The van der Waals surface area contributed by atoms with Crippen LogP contribution in [0.4, 0.5) is 4.39 Å². The van der Waals surface area contributed by atoms with E-state index in [1.165, 1.54) is 35.6 Å². The molecule has 10 heteroatoms. The van der Waals surface area contributed by atoms with Crippen molar-refractivity contribution in [2.75, 3.05) is 6.26 Å². The van der Waals surface area contributed by atoms with Crippen molar-refractivity contribution in [2.24, 2.45) is 0 Å². The molecule has 26 heavy (non-hydrogen) atoms. The third-order valence-electron chi connectivity index (χ3n) is 3.20. The second-order valence-corrected chi connectivity index (χ2v) is 7.82. The summed E-state index contributed by atoms with van der Waals surface area (Å²) in [6.45, 7) is 0. The first-order valence-electron chi connectivity index (χ1n) is 7.10. The first-order valence-corrected chi connectivity index (χ1v) is 9.94. The zero-order valence-electron chi connectivity index (χ0n) is 14.0. The Balaban J connectivity index is 0.00000243. The number of nitrogens with one attached hydrogen (secondary N) is 1. The van der Waals surface area contributed by atoms with Crippen LogP contribution in [0.15, 0.2) is 45.5 Å². The van der Waals surface area contributed by atoms with Crippen LogP contribution in [0.3, 0.4) is 0 Å². The van der Waals surface area contributed by atoms with E-state index in [-0.39, 0.29) is 47.7 Å². The average Bonchev–Trinajstić information content (AvgIpc) is 3.15. The number of oxazole rings is 1. The van der Waals surface area contributed by atoms with Gasteiger partial charge < -0.3 is 4.42 Å². The molecule has 3 rings (SSSR count). The average molecular weight is 403 g/mol. The van der Waals surface area contributed by atoms with Crippen molar-refractivity contribution in [3.63, 3.8) is 0 Å². The van der Waals surface area contributed by atoms with Gasteiger partial charge in [0.1, 0.15) is 5.82 Å². The first-order chi connectivity index (χ1) is 11.8. The van der Waals surface area contributed by atoms with Crippen LogP contribution >= 0.6 is 11.3 Å². The van der Waals surface area contributed by atoms with Crippen LogP contribution in [-0.4, -0.2) is 55.1 Å². The number of hydrogen-bond acceptors (Lipinski definition) is 6. The molecule has 0 saturated heterocycles. The van der Waals surface area contributed by atoms with Crippen LogP contribution in [0.25, 0.3) is 22.8 Å². The van der Waals surface area contributed by atoms with E-state index in [1.807, 2.05) is 15.5 Å². The van der Waals surface area contributed by atoms with Gasteiger partial charge in [-0.15, -0.1) is 0 Å². The van der Waals surface area contributed by atoms with Gasteiger partial charge in [0.05, 0.1) is 18.4 Å². The molecule has 0 bridgehead atoms. The van der Waals surface area contributed by atoms with E-state index >= 15 is 0 Å². The van der Waals surface area contributed by atoms with Crippen LogP contribution in [0.2, 0.25) is 0 Å². The van der Waals surface area contributed by atoms with E-state index in [2.05, 4.69) is 4.98 Å². The van der Waals surface area contributed by atoms with E-state index in [9.17, 15) is 17.6 Å². The number of aromatic nitrogens is 1. The second-order valence-electron chi connectivity index (χ2n) is 5.29. The third kappa shape index (κ3) is 5.24. The van der Waals surface area contributed by atoms with Crippen LogP contribution in [0, 0.1) is 5.82 Å². The molecule has 0 spiro atoms. The molecule has 6 nitrogen and oxygen atoms in total. The van der Waals surface area contributed by atoms with Crippen molar-refractivity contribution in [3.05, 3.63) is 52.6 Å². The molecule has 0 aliphatic carbocycles. The van der Waals surface area contributed by atoms with Gasteiger partial charge in [0.2, 0.25) is 21.8 Å². The Morgan fingerprint density at radius 3 is 2.50 bits per heavy atom. The van der Waals surface area contributed by atoms with Gasteiger partial charge in [-0.05, 0) is 35.7 Å². The first kappa shape index (κ1) is 20.8. The smallest absolute Gasteiger partial charge is 0.239 e. The van der Waals surface area contributed by atoms with Crippen molar-refractivity contribution in [3.8, 4) is 22.8 Å². The summed E-state index contributed by atoms with van der Waals surface area (Å²) in [5, 5.41) is 3.67. The maximum atomic E-state index is 13.1. The number of thiophene rings is 1. The number of amides is 1. The molecule has 1 aromatic carbocycles. The molecule has 3 aromatic rings. The van der Waals surface area contributed by atoms with Gasteiger partial charge in [-0.3, -0.25) is 9.52 Å². The number of hydrogen-bond donors (Lipinski definition) is 1. The normalized spacial score (nSPS) is 11.0. The predicted octanol–water partition coefficient (Wildman–Crippen LogP) is 2.45. The predicted molar refractivity (Wildman–Crippen MR) is 97.7 cm³/mol. The fourth-order valence-electron chi connectivity index (χ4n) is 2.20. The van der Waals surface area contributed by atoms with Gasteiger partial charge in [-0.1, -0.05) is 0 Å². The minimum Gasteiger partial charge on any atom is -0.436 e. The number of nitrogens with zero attached hydrogens (tertiary/aromatic N) is 1. The Kier molecular flexibility index (Phi) is 6.75. The molecule has 0 atom stereocenters. The van der Waals surface area contributed by atoms with Gasteiger partial charge in [0.25, 0.3) is 0 Å². The number of benzene rings is 1. The fourth-order valence-corrected chi connectivity index (χ4v) is 3.32. The zero-order chi connectivity index (χ0) is 18.0. The molecule has 1 N–H and O–H groups in total. The summed E-state index contributed by atoms with van der Waals surface area (Å²) in [6.07, 6.45) is 0.639. The number of sulfonamides is 1. The number of carbonyl (C=O) groups excluding carboxylic acids is 1. The molecule has 0 fully saturated rings. The maximum Gasteiger partial charge on any atom is 0.239 e. The van der Waals surface area contributed by atoms with Gasteiger partial charge in [0.15, 0.2) is 5.76 Å². The maximum absolute atomic E-state index is 13.1. The van der Waals surface area contributed by atoms with E-state index in [1.54, 1.807) is 6.07 Å². The summed E-state index contributed by atoms with van der Waals surface area (Å²) in [5.74, 6) is -0.494. The Morgan fingerprint density at radius 1 is 1.23 bits per heavy atom. The van der Waals surface area contributed by atoms with Crippen molar-refractivity contribution < 1.29 is 22.0 Å². The monoisotopic (exact) mass is 403 g/mol. The summed E-state index contributed by atoms with van der Waals surface area (Å²) in [6, 6.07) is 7.38. The Morgan fingerprint density at radius 2 is 1.92 bits per heavy atom. The van der Waals surface area contributed by atoms with Gasteiger partial charge in [-0.2, -0.15) is 11.3 Å². The topological polar surface area (TPSA) is 89.3 Å². The Bertz CT molecular complexity index is 1000. The molecule has 1 amide bonds. The van der Waals surface area contributed by atoms with Crippen LogP contribution in [-0.2, 0) is 21.2 Å². The summed E-state index contributed by atoms with van der Waals surface area (Å²) < 4.78 is 43.1. The molecule has 1 radical (unpaired) electrons. The number of halogens is 1. The van der Waals surface area contributed by atoms with Gasteiger partial charge in [0, 0.05) is 46.1 Å². The molecular weight excluding hydrogens is 390 g/mol. The molecule has 2 aromatic heterocycles. The SMILES string of the molecule is CS(=O)(=O)NC(=O)Cc1nc(-c2ccc(F)cc2)oc1-c1ccsc1.[Na]. The standard InChI is InChI=1S/C16H13FN2O4S2.Na/c1-25(21,22)19-14(20)8-13-15(11-6-7-24-9-11)23-16(18-13)10-2-4-12(17)5-3-10;/h2-7,9H,8H2,1H3,(H,19,20);. The van der Waals surface area contributed by atoms with Crippen molar-refractivity contribution in [2.45, 2.75) is 6.42 Å². The van der Waals surface area contributed by atoms with Crippen molar-refractivity contribution in [1.29, 1.82) is 0 Å². The quantitative estimate of drug-likeness (QED) is 0.661. The molecule has 131 valence electrons. The minimum atomic E-state index is -3.66. The van der Waals surface area contributed by atoms with Gasteiger partial charge >= 0.3 is 0 Å². The van der Waals surface area contributed by atoms with Crippen molar-refractivity contribution in [1.82, 2.24) is 9.71 Å². The minimum absolute atomic E-state index is 0. The Hall–Kier alpha value is -1.52. The van der Waals surface area contributed by atoms with E-state index in [0.29, 0.717) is 17.0 Å². The summed E-state index contributed by atoms with van der Waals surface area (Å²) in [7, 11) is -3.66. The summed E-state index contributed by atoms with van der Waals surface area (Å²) in [5.41, 5.74) is 1.58. The second kappa shape index (κ2) is 8.45. The molecular formula is C16H13FN2NaO4S2. The Labute approximate surface area is 175 Å². The van der Waals surface area contributed by atoms with Crippen molar-refractivity contribution >= 4 is 56.8 Å². The number of carbonyl (C=O) groups is 1. The van der Waals surface area contributed by atoms with E-state index in [4.69, 9.17) is 4.42 Å². The van der Waals surface area contributed by atoms with Crippen LogP contribution < -0.4 is 4.72 Å². The molecule has 0 aliphatic rings. The fraction of sp³-hybridized carbons (Fsp3) is 0.125. The van der Waals surface area contributed by atoms with Crippen LogP contribution in [0.1, 0.15) is 5.69 Å². The van der Waals surface area contributed by atoms with Crippen LogP contribution in [0.5, 0.6) is 0 Å².